The Balaban J connectivity index is 1.74. The largest absolute Gasteiger partial charge is 0.352 e. The third-order valence-electron chi connectivity index (χ3n) is 5.81. The number of carbonyl (C=O) groups is 1. The van der Waals surface area contributed by atoms with Crippen molar-refractivity contribution in [2.24, 2.45) is 17.6 Å². The molecule has 23 heavy (non-hydrogen) atoms. The molecule has 4 heteroatoms. The first-order valence-corrected chi connectivity index (χ1v) is 9.50. The van der Waals surface area contributed by atoms with Crippen LogP contribution in [0, 0.1) is 11.8 Å². The number of hydrogen-bond donors (Lipinski definition) is 2. The monoisotopic (exact) mass is 378 g/mol. The van der Waals surface area contributed by atoms with Crippen LogP contribution in [-0.4, -0.2) is 18.0 Å². The summed E-state index contributed by atoms with van der Waals surface area (Å²) in [5.74, 6) is 1.25. The summed E-state index contributed by atoms with van der Waals surface area (Å²) in [7, 11) is 0. The Bertz CT molecular complexity index is 555. The summed E-state index contributed by atoms with van der Waals surface area (Å²) in [6, 6.07) is 8.68. The van der Waals surface area contributed by atoms with Gasteiger partial charge in [-0.1, -0.05) is 34.5 Å². The molecule has 2 atom stereocenters. The van der Waals surface area contributed by atoms with E-state index in [2.05, 4.69) is 21.2 Å². The van der Waals surface area contributed by atoms with E-state index in [9.17, 15) is 4.79 Å². The Kier molecular flexibility index (Phi) is 4.84. The maximum absolute atomic E-state index is 13.0. The molecule has 0 saturated heterocycles. The van der Waals surface area contributed by atoms with E-state index in [1.807, 2.05) is 38.1 Å². The van der Waals surface area contributed by atoms with Gasteiger partial charge in [0.25, 0.3) is 0 Å². The van der Waals surface area contributed by atoms with Crippen molar-refractivity contribution in [1.29, 1.82) is 0 Å². The molecule has 2 bridgehead atoms. The summed E-state index contributed by atoms with van der Waals surface area (Å²) in [6.07, 6.45) is 5.80. The molecular formula is C19H27BrN2O. The zero-order chi connectivity index (χ0) is 16.6. The number of rotatable bonds is 3. The van der Waals surface area contributed by atoms with Crippen LogP contribution >= 0.6 is 15.9 Å². The highest BCUT2D eigenvalue weighted by Crippen LogP contribution is 2.40. The van der Waals surface area contributed by atoms with E-state index < -0.39 is 5.41 Å². The number of fused-ring (bicyclic) bond motifs is 2. The second-order valence-electron chi connectivity index (χ2n) is 7.81. The number of amides is 1. The Morgan fingerprint density at radius 1 is 1.17 bits per heavy atom. The zero-order valence-electron chi connectivity index (χ0n) is 14.0. The predicted octanol–water partition coefficient (Wildman–Crippen LogP) is 3.75. The van der Waals surface area contributed by atoms with E-state index in [-0.39, 0.29) is 5.91 Å². The van der Waals surface area contributed by atoms with Gasteiger partial charge in [0.2, 0.25) is 5.91 Å². The van der Waals surface area contributed by atoms with Crippen molar-refractivity contribution >= 4 is 21.8 Å². The normalized spacial score (nSPS) is 30.8. The lowest BCUT2D eigenvalue weighted by Crippen LogP contribution is -2.56. The molecule has 0 spiro atoms. The van der Waals surface area contributed by atoms with Crippen LogP contribution in [0.3, 0.4) is 0 Å². The number of carbonyl (C=O) groups excluding carboxylic acids is 1. The van der Waals surface area contributed by atoms with Crippen molar-refractivity contribution in [1.82, 2.24) is 5.32 Å². The molecule has 3 rings (SSSR count). The van der Waals surface area contributed by atoms with Gasteiger partial charge in [-0.25, -0.2) is 0 Å². The molecule has 2 aliphatic rings. The molecule has 2 unspecified atom stereocenters. The Morgan fingerprint density at radius 2 is 1.74 bits per heavy atom. The summed E-state index contributed by atoms with van der Waals surface area (Å²) < 4.78 is 1.04. The number of nitrogens with one attached hydrogen (secondary N) is 1. The fourth-order valence-corrected chi connectivity index (χ4v) is 4.62. The highest BCUT2D eigenvalue weighted by atomic mass is 79.9. The standard InChI is InChI=1S/C19H27BrN2O/c1-19(2,14-6-8-15(20)9-7-14)18(23)22-17-12-4-3-5-13(17)11-16(21)10-12/h6-9,12-13,16-17H,3-5,10-11,21H2,1-2H3,(H,22,23). The van der Waals surface area contributed by atoms with Gasteiger partial charge >= 0.3 is 0 Å². The SMILES string of the molecule is CC(C)(C(=O)NC1C2CCCC1CC(N)C2)c1ccc(Br)cc1. The minimum absolute atomic E-state index is 0.136. The van der Waals surface area contributed by atoms with Gasteiger partial charge in [-0.05, 0) is 69.1 Å². The van der Waals surface area contributed by atoms with Crippen molar-refractivity contribution in [3.8, 4) is 0 Å². The lowest BCUT2D eigenvalue weighted by molar-refractivity contribution is -0.128. The first-order valence-electron chi connectivity index (χ1n) is 8.70. The smallest absolute Gasteiger partial charge is 0.230 e. The second kappa shape index (κ2) is 6.56. The molecule has 2 aliphatic carbocycles. The van der Waals surface area contributed by atoms with Crippen molar-refractivity contribution in [2.45, 2.75) is 63.5 Å². The van der Waals surface area contributed by atoms with Gasteiger partial charge in [0, 0.05) is 16.6 Å². The van der Waals surface area contributed by atoms with Gasteiger partial charge in [0.1, 0.15) is 0 Å². The molecule has 1 aromatic carbocycles. The van der Waals surface area contributed by atoms with Crippen LogP contribution in [0.25, 0.3) is 0 Å². The van der Waals surface area contributed by atoms with Gasteiger partial charge in [-0.3, -0.25) is 4.79 Å². The Hall–Kier alpha value is -0.870. The minimum Gasteiger partial charge on any atom is -0.352 e. The van der Waals surface area contributed by atoms with Crippen LogP contribution in [-0.2, 0) is 10.2 Å². The van der Waals surface area contributed by atoms with Gasteiger partial charge in [0.15, 0.2) is 0 Å². The van der Waals surface area contributed by atoms with Crippen LogP contribution in [0.2, 0.25) is 0 Å². The first-order chi connectivity index (χ1) is 10.9. The van der Waals surface area contributed by atoms with Crippen LogP contribution < -0.4 is 11.1 Å². The van der Waals surface area contributed by atoms with Gasteiger partial charge in [0.05, 0.1) is 5.41 Å². The highest BCUT2D eigenvalue weighted by molar-refractivity contribution is 9.10. The van der Waals surface area contributed by atoms with E-state index >= 15 is 0 Å². The number of hydrogen-bond acceptors (Lipinski definition) is 2. The maximum Gasteiger partial charge on any atom is 0.230 e. The topological polar surface area (TPSA) is 55.1 Å². The van der Waals surface area contributed by atoms with Crippen molar-refractivity contribution in [3.63, 3.8) is 0 Å². The lowest BCUT2D eigenvalue weighted by Gasteiger charge is -2.46. The molecule has 0 radical (unpaired) electrons. The van der Waals surface area contributed by atoms with Crippen molar-refractivity contribution in [2.75, 3.05) is 0 Å². The van der Waals surface area contributed by atoms with E-state index in [0.29, 0.717) is 23.9 Å². The van der Waals surface area contributed by atoms with E-state index in [0.717, 1.165) is 22.9 Å². The summed E-state index contributed by atoms with van der Waals surface area (Å²) in [5, 5.41) is 3.39. The van der Waals surface area contributed by atoms with Gasteiger partial charge in [-0.2, -0.15) is 0 Å². The lowest BCUT2D eigenvalue weighted by atomic mass is 9.66. The molecule has 3 N–H and O–H groups in total. The third kappa shape index (κ3) is 3.48. The average Bonchev–Trinajstić information content (AvgIpc) is 2.48. The number of halogens is 1. The molecule has 0 aromatic heterocycles. The molecule has 1 amide bonds. The summed E-state index contributed by atoms with van der Waals surface area (Å²) >= 11 is 3.45. The Labute approximate surface area is 147 Å². The maximum atomic E-state index is 13.0. The number of benzene rings is 1. The van der Waals surface area contributed by atoms with Crippen LogP contribution in [0.15, 0.2) is 28.7 Å². The van der Waals surface area contributed by atoms with Gasteiger partial charge in [-0.15, -0.1) is 0 Å². The zero-order valence-corrected chi connectivity index (χ0v) is 15.6. The van der Waals surface area contributed by atoms with Crippen LogP contribution in [0.4, 0.5) is 0 Å². The summed E-state index contributed by atoms with van der Waals surface area (Å²) in [4.78, 5) is 13.0. The second-order valence-corrected chi connectivity index (χ2v) is 8.73. The molecule has 2 saturated carbocycles. The molecule has 1 aromatic rings. The average molecular weight is 379 g/mol. The van der Waals surface area contributed by atoms with Crippen LogP contribution in [0.1, 0.15) is 51.5 Å². The quantitative estimate of drug-likeness (QED) is 0.841. The van der Waals surface area contributed by atoms with E-state index in [4.69, 9.17) is 5.73 Å². The molecule has 2 fully saturated rings. The summed E-state index contributed by atoms with van der Waals surface area (Å²) in [5.41, 5.74) is 6.72. The van der Waals surface area contributed by atoms with E-state index in [1.54, 1.807) is 0 Å². The summed E-state index contributed by atoms with van der Waals surface area (Å²) in [6.45, 7) is 4.02. The van der Waals surface area contributed by atoms with Crippen molar-refractivity contribution < 1.29 is 4.79 Å². The third-order valence-corrected chi connectivity index (χ3v) is 6.34. The van der Waals surface area contributed by atoms with Gasteiger partial charge < -0.3 is 11.1 Å². The highest BCUT2D eigenvalue weighted by Gasteiger charge is 2.42. The fourth-order valence-electron chi connectivity index (χ4n) is 4.35. The van der Waals surface area contributed by atoms with Crippen LogP contribution in [0.5, 0.6) is 0 Å². The molecule has 0 heterocycles. The minimum atomic E-state index is -0.519. The first kappa shape index (κ1) is 17.0. The molecule has 126 valence electrons. The predicted molar refractivity (Wildman–Crippen MR) is 97.1 cm³/mol. The van der Waals surface area contributed by atoms with E-state index in [1.165, 1.54) is 19.3 Å². The molecule has 3 nitrogen and oxygen atoms in total. The van der Waals surface area contributed by atoms with Crippen molar-refractivity contribution in [3.05, 3.63) is 34.3 Å². The number of nitrogens with two attached hydrogens (primary N) is 1. The molecule has 0 aliphatic heterocycles. The Morgan fingerprint density at radius 3 is 2.30 bits per heavy atom. The molecular weight excluding hydrogens is 352 g/mol. The fraction of sp³-hybridized carbons (Fsp3) is 0.632.